The first kappa shape index (κ1) is 18.1. The van der Waals surface area contributed by atoms with Crippen LogP contribution in [-0.4, -0.2) is 27.8 Å². The Morgan fingerprint density at radius 2 is 1.82 bits per heavy atom. The Labute approximate surface area is 166 Å². The van der Waals surface area contributed by atoms with Crippen LogP contribution in [0.1, 0.15) is 15.9 Å². The molecule has 7 heteroatoms. The maximum Gasteiger partial charge on any atom is 0.337 e. The van der Waals surface area contributed by atoms with Crippen molar-refractivity contribution >= 4 is 17.7 Å². The number of nitrogens with zero attached hydrogens (tertiary/aromatic N) is 3. The Hall–Kier alpha value is -3.32. The first-order chi connectivity index (χ1) is 13.8. The van der Waals surface area contributed by atoms with Crippen LogP contribution in [0.5, 0.6) is 0 Å². The Balaban J connectivity index is 1.61. The van der Waals surface area contributed by atoms with Crippen LogP contribution in [0.2, 0.25) is 0 Å². The fourth-order valence-electron chi connectivity index (χ4n) is 2.74. The zero-order valence-electron chi connectivity index (χ0n) is 15.1. The molecule has 0 bridgehead atoms. The fraction of sp³-hybridized carbons (Fsp3) is 0.0952. The summed E-state index contributed by atoms with van der Waals surface area (Å²) in [6.07, 6.45) is 1.62. The molecule has 0 aliphatic rings. The van der Waals surface area contributed by atoms with Crippen molar-refractivity contribution in [2.75, 3.05) is 7.11 Å². The summed E-state index contributed by atoms with van der Waals surface area (Å²) < 4.78 is 12.2. The van der Waals surface area contributed by atoms with E-state index in [2.05, 4.69) is 10.2 Å². The molecule has 2 heterocycles. The van der Waals surface area contributed by atoms with Gasteiger partial charge < -0.3 is 9.15 Å². The second kappa shape index (κ2) is 8.14. The summed E-state index contributed by atoms with van der Waals surface area (Å²) in [6.45, 7) is 0. The van der Waals surface area contributed by atoms with Gasteiger partial charge in [-0.25, -0.2) is 4.79 Å². The van der Waals surface area contributed by atoms with Crippen molar-refractivity contribution in [3.05, 3.63) is 84.1 Å². The first-order valence-electron chi connectivity index (χ1n) is 8.61. The summed E-state index contributed by atoms with van der Waals surface area (Å²) in [4.78, 5) is 11.6. The van der Waals surface area contributed by atoms with Gasteiger partial charge in [0.05, 0.1) is 18.9 Å². The van der Waals surface area contributed by atoms with Gasteiger partial charge in [0.25, 0.3) is 0 Å². The number of carbonyl (C=O) groups excluding carboxylic acids is 1. The fourth-order valence-corrected chi connectivity index (χ4v) is 3.65. The molecule has 0 N–H and O–H groups in total. The van der Waals surface area contributed by atoms with Gasteiger partial charge in [-0.3, -0.25) is 4.57 Å². The average molecular weight is 391 g/mol. The Morgan fingerprint density at radius 1 is 1.04 bits per heavy atom. The van der Waals surface area contributed by atoms with Crippen molar-refractivity contribution in [1.82, 2.24) is 14.8 Å². The number of esters is 1. The van der Waals surface area contributed by atoms with Crippen molar-refractivity contribution < 1.29 is 13.9 Å². The Morgan fingerprint density at radius 3 is 2.50 bits per heavy atom. The van der Waals surface area contributed by atoms with Crippen LogP contribution in [-0.2, 0) is 10.5 Å². The highest BCUT2D eigenvalue weighted by Gasteiger charge is 2.18. The Bertz CT molecular complexity index is 1060. The molecule has 2 aromatic heterocycles. The predicted molar refractivity (Wildman–Crippen MR) is 106 cm³/mol. The number of hydrogen-bond acceptors (Lipinski definition) is 6. The number of furan rings is 1. The standard InChI is InChI=1S/C21H17N3O3S/c1-26-20(25)16-11-9-15(10-12-16)14-28-21-23-22-19(18-8-5-13-27-18)24(21)17-6-3-2-4-7-17/h2-13H,14H2,1H3. The van der Waals surface area contributed by atoms with Gasteiger partial charge in [-0.15, -0.1) is 10.2 Å². The highest BCUT2D eigenvalue weighted by atomic mass is 32.2. The van der Waals surface area contributed by atoms with E-state index in [-0.39, 0.29) is 5.97 Å². The zero-order chi connectivity index (χ0) is 19.3. The number of hydrogen-bond donors (Lipinski definition) is 0. The van der Waals surface area contributed by atoms with E-state index in [0.29, 0.717) is 22.9 Å². The number of carbonyl (C=O) groups is 1. The first-order valence-corrected chi connectivity index (χ1v) is 9.59. The van der Waals surface area contributed by atoms with Crippen molar-refractivity contribution in [3.8, 4) is 17.3 Å². The van der Waals surface area contributed by atoms with Gasteiger partial charge in [-0.2, -0.15) is 0 Å². The molecule has 4 aromatic rings. The molecule has 0 aliphatic heterocycles. The number of ether oxygens (including phenoxy) is 1. The molecule has 2 aromatic carbocycles. The largest absolute Gasteiger partial charge is 0.465 e. The normalized spacial score (nSPS) is 10.8. The summed E-state index contributed by atoms with van der Waals surface area (Å²) in [7, 11) is 1.37. The lowest BCUT2D eigenvalue weighted by molar-refractivity contribution is 0.0600. The topological polar surface area (TPSA) is 70.2 Å². The molecule has 0 saturated heterocycles. The van der Waals surface area contributed by atoms with Crippen LogP contribution in [0, 0.1) is 0 Å². The van der Waals surface area contributed by atoms with Crippen LogP contribution in [0.25, 0.3) is 17.3 Å². The molecule has 0 amide bonds. The third-order valence-electron chi connectivity index (χ3n) is 4.13. The van der Waals surface area contributed by atoms with E-state index in [1.165, 1.54) is 7.11 Å². The lowest BCUT2D eigenvalue weighted by Gasteiger charge is -2.09. The molecule has 0 unspecified atom stereocenters. The molecule has 0 radical (unpaired) electrons. The monoisotopic (exact) mass is 391 g/mol. The van der Waals surface area contributed by atoms with Crippen LogP contribution in [0.3, 0.4) is 0 Å². The smallest absolute Gasteiger partial charge is 0.337 e. The predicted octanol–water partition coefficient (Wildman–Crippen LogP) is 4.61. The van der Waals surface area contributed by atoms with Gasteiger partial charge in [-0.1, -0.05) is 42.1 Å². The minimum atomic E-state index is -0.342. The zero-order valence-corrected chi connectivity index (χ0v) is 15.9. The quantitative estimate of drug-likeness (QED) is 0.353. The van der Waals surface area contributed by atoms with Crippen LogP contribution >= 0.6 is 11.8 Å². The molecular formula is C21H17N3O3S. The molecule has 0 atom stereocenters. The summed E-state index contributed by atoms with van der Waals surface area (Å²) in [5.41, 5.74) is 2.56. The summed E-state index contributed by atoms with van der Waals surface area (Å²) >= 11 is 1.56. The second-order valence-corrected chi connectivity index (χ2v) is 6.87. The van der Waals surface area contributed by atoms with E-state index < -0.39 is 0 Å². The van der Waals surface area contributed by atoms with Gasteiger partial charge in [0, 0.05) is 11.4 Å². The molecule has 4 rings (SSSR count). The number of methoxy groups -OCH3 is 1. The van der Waals surface area contributed by atoms with Crippen LogP contribution in [0.15, 0.2) is 82.6 Å². The molecule has 6 nitrogen and oxygen atoms in total. The second-order valence-electron chi connectivity index (χ2n) is 5.93. The van der Waals surface area contributed by atoms with Gasteiger partial charge >= 0.3 is 5.97 Å². The molecule has 0 spiro atoms. The molecule has 28 heavy (non-hydrogen) atoms. The van der Waals surface area contributed by atoms with E-state index in [1.54, 1.807) is 30.2 Å². The molecule has 0 fully saturated rings. The maximum atomic E-state index is 11.6. The summed E-state index contributed by atoms with van der Waals surface area (Å²) in [5, 5.41) is 9.46. The number of thioether (sulfide) groups is 1. The van der Waals surface area contributed by atoms with E-state index >= 15 is 0 Å². The lowest BCUT2D eigenvalue weighted by Crippen LogP contribution is -2.01. The van der Waals surface area contributed by atoms with Gasteiger partial charge in [0.1, 0.15) is 0 Å². The van der Waals surface area contributed by atoms with Gasteiger partial charge in [0.15, 0.2) is 10.9 Å². The van der Waals surface area contributed by atoms with E-state index in [9.17, 15) is 4.79 Å². The average Bonchev–Trinajstić information content (AvgIpc) is 3.42. The molecule has 140 valence electrons. The van der Waals surface area contributed by atoms with Crippen molar-refractivity contribution in [2.24, 2.45) is 0 Å². The van der Waals surface area contributed by atoms with Crippen molar-refractivity contribution in [2.45, 2.75) is 10.9 Å². The molecule has 0 saturated carbocycles. The highest BCUT2D eigenvalue weighted by molar-refractivity contribution is 7.98. The van der Waals surface area contributed by atoms with Crippen LogP contribution in [0.4, 0.5) is 0 Å². The third kappa shape index (κ3) is 3.70. The van der Waals surface area contributed by atoms with E-state index in [1.807, 2.05) is 59.2 Å². The summed E-state index contributed by atoms with van der Waals surface area (Å²) in [6, 6.07) is 21.0. The molecule has 0 aliphatic carbocycles. The van der Waals surface area contributed by atoms with Gasteiger partial charge in [-0.05, 0) is 42.0 Å². The molecular weight excluding hydrogens is 374 g/mol. The third-order valence-corrected chi connectivity index (χ3v) is 5.13. The van der Waals surface area contributed by atoms with Crippen LogP contribution < -0.4 is 0 Å². The van der Waals surface area contributed by atoms with E-state index in [4.69, 9.17) is 9.15 Å². The number of aromatic nitrogens is 3. The number of benzene rings is 2. The summed E-state index contributed by atoms with van der Waals surface area (Å²) in [5.74, 6) is 1.65. The lowest BCUT2D eigenvalue weighted by atomic mass is 10.1. The van der Waals surface area contributed by atoms with Crippen molar-refractivity contribution in [1.29, 1.82) is 0 Å². The SMILES string of the molecule is COC(=O)c1ccc(CSc2nnc(-c3ccco3)n2-c2ccccc2)cc1. The number of para-hydroxylation sites is 1. The van der Waals surface area contributed by atoms with Crippen molar-refractivity contribution in [3.63, 3.8) is 0 Å². The minimum absolute atomic E-state index is 0.342. The minimum Gasteiger partial charge on any atom is -0.465 e. The number of rotatable bonds is 6. The maximum absolute atomic E-state index is 11.6. The highest BCUT2D eigenvalue weighted by Crippen LogP contribution is 2.29. The van der Waals surface area contributed by atoms with Gasteiger partial charge in [0.2, 0.25) is 5.82 Å². The van der Waals surface area contributed by atoms with E-state index in [0.717, 1.165) is 16.4 Å². The Kier molecular flexibility index (Phi) is 5.25.